The van der Waals surface area contributed by atoms with Crippen LogP contribution in [-0.4, -0.2) is 59.7 Å². The van der Waals surface area contributed by atoms with Crippen LogP contribution in [0.1, 0.15) is 36.8 Å². The van der Waals surface area contributed by atoms with E-state index < -0.39 is 11.6 Å². The van der Waals surface area contributed by atoms with Crippen molar-refractivity contribution in [2.24, 2.45) is 0 Å². The summed E-state index contributed by atoms with van der Waals surface area (Å²) in [6.07, 6.45) is 3.37. The van der Waals surface area contributed by atoms with Crippen molar-refractivity contribution in [3.63, 3.8) is 0 Å². The molecule has 2 aliphatic heterocycles. The first-order valence-electron chi connectivity index (χ1n) is 9.78. The largest absolute Gasteiger partial charge is 0.354 e. The van der Waals surface area contributed by atoms with Gasteiger partial charge in [-0.05, 0) is 36.8 Å². The Kier molecular flexibility index (Phi) is 4.78. The zero-order valence-corrected chi connectivity index (χ0v) is 15.7. The van der Waals surface area contributed by atoms with Crippen molar-refractivity contribution in [1.29, 1.82) is 0 Å². The Morgan fingerprint density at radius 2 is 2.00 bits per heavy atom. The maximum atomic E-state index is 13.0. The molecule has 0 radical (unpaired) electrons. The number of carbonyl (C=O) groups excluding carboxylic acids is 4. The molecule has 0 saturated carbocycles. The summed E-state index contributed by atoms with van der Waals surface area (Å²) in [5.74, 6) is -0.576. The number of nitrogens with one attached hydrogen (secondary N) is 2. The van der Waals surface area contributed by atoms with E-state index in [0.29, 0.717) is 32.4 Å². The molecule has 2 N–H and O–H groups in total. The van der Waals surface area contributed by atoms with Gasteiger partial charge in [-0.1, -0.05) is 24.3 Å². The van der Waals surface area contributed by atoms with Gasteiger partial charge in [-0.3, -0.25) is 19.3 Å². The third-order valence-corrected chi connectivity index (χ3v) is 5.82. The summed E-state index contributed by atoms with van der Waals surface area (Å²) in [6.45, 7) is 1.50. The Bertz CT molecular complexity index is 839. The fraction of sp³-hybridized carbons (Fsp3) is 0.500. The number of likely N-dealkylation sites (tertiary alicyclic amines) is 1. The number of benzene rings is 1. The van der Waals surface area contributed by atoms with Gasteiger partial charge in [0.2, 0.25) is 11.8 Å². The van der Waals surface area contributed by atoms with Gasteiger partial charge in [-0.25, -0.2) is 4.79 Å². The second-order valence-corrected chi connectivity index (χ2v) is 7.57. The quantitative estimate of drug-likeness (QED) is 0.551. The van der Waals surface area contributed by atoms with Gasteiger partial charge in [0, 0.05) is 26.1 Å². The Labute approximate surface area is 163 Å². The first-order chi connectivity index (χ1) is 13.5. The normalized spacial score (nSPS) is 23.5. The van der Waals surface area contributed by atoms with E-state index in [1.807, 2.05) is 24.3 Å². The van der Waals surface area contributed by atoms with E-state index in [1.165, 1.54) is 0 Å². The maximum Gasteiger partial charge on any atom is 0.325 e. The van der Waals surface area contributed by atoms with Gasteiger partial charge in [0.15, 0.2) is 0 Å². The molecule has 2 saturated heterocycles. The van der Waals surface area contributed by atoms with E-state index in [4.69, 9.17) is 0 Å². The number of amides is 5. The number of hydrogen-bond acceptors (Lipinski definition) is 4. The lowest BCUT2D eigenvalue weighted by Crippen LogP contribution is -2.44. The second kappa shape index (κ2) is 7.26. The summed E-state index contributed by atoms with van der Waals surface area (Å²) >= 11 is 0. The van der Waals surface area contributed by atoms with E-state index in [0.717, 1.165) is 35.4 Å². The lowest BCUT2D eigenvalue weighted by molar-refractivity contribution is -0.135. The highest BCUT2D eigenvalue weighted by Gasteiger charge is 2.55. The average molecular weight is 384 g/mol. The number of hydrogen-bond donors (Lipinski definition) is 2. The molecular weight excluding hydrogens is 360 g/mol. The maximum absolute atomic E-state index is 13.0. The standard InChI is InChI=1S/C20H24N4O4/c25-16(21-10-4-12-23-11-3-7-17(23)26)13-24-18(27)20(22-19(24)28)9-8-14-5-1-2-6-15(14)20/h1-2,5-6H,3-4,7-13H2,(H,21,25)(H,22,28)/t20-/m0/s1. The van der Waals surface area contributed by atoms with Crippen LogP contribution in [0.15, 0.2) is 24.3 Å². The van der Waals surface area contributed by atoms with Crippen molar-refractivity contribution in [3.8, 4) is 0 Å². The van der Waals surface area contributed by atoms with E-state index in [-0.39, 0.29) is 24.3 Å². The van der Waals surface area contributed by atoms with E-state index in [1.54, 1.807) is 4.90 Å². The topological polar surface area (TPSA) is 98.8 Å². The molecule has 0 aromatic heterocycles. The molecule has 1 aromatic carbocycles. The molecular formula is C20H24N4O4. The Morgan fingerprint density at radius 1 is 1.18 bits per heavy atom. The smallest absolute Gasteiger partial charge is 0.325 e. The molecule has 1 atom stereocenters. The molecule has 4 rings (SSSR count). The van der Waals surface area contributed by atoms with Gasteiger partial charge in [0.25, 0.3) is 5.91 Å². The number of imide groups is 1. The summed E-state index contributed by atoms with van der Waals surface area (Å²) < 4.78 is 0. The molecule has 2 heterocycles. The van der Waals surface area contributed by atoms with Gasteiger partial charge >= 0.3 is 6.03 Å². The number of nitrogens with zero attached hydrogens (tertiary/aromatic N) is 2. The van der Waals surface area contributed by atoms with Crippen LogP contribution in [0.3, 0.4) is 0 Å². The molecule has 1 aromatic rings. The van der Waals surface area contributed by atoms with Crippen LogP contribution in [0.25, 0.3) is 0 Å². The third kappa shape index (κ3) is 3.12. The molecule has 8 heteroatoms. The summed E-state index contributed by atoms with van der Waals surface area (Å²) in [5.41, 5.74) is 0.842. The minimum atomic E-state index is -1.04. The van der Waals surface area contributed by atoms with Crippen LogP contribution in [0.5, 0.6) is 0 Å². The van der Waals surface area contributed by atoms with Crippen molar-refractivity contribution in [2.45, 2.75) is 37.6 Å². The number of rotatable bonds is 6. The van der Waals surface area contributed by atoms with Crippen LogP contribution in [0, 0.1) is 0 Å². The molecule has 1 aliphatic carbocycles. The molecule has 8 nitrogen and oxygen atoms in total. The molecule has 28 heavy (non-hydrogen) atoms. The third-order valence-electron chi connectivity index (χ3n) is 5.82. The molecule has 148 valence electrons. The van der Waals surface area contributed by atoms with Crippen LogP contribution in [0.4, 0.5) is 4.79 Å². The van der Waals surface area contributed by atoms with E-state index >= 15 is 0 Å². The second-order valence-electron chi connectivity index (χ2n) is 7.57. The first kappa shape index (κ1) is 18.5. The fourth-order valence-corrected chi connectivity index (χ4v) is 4.37. The van der Waals surface area contributed by atoms with Crippen molar-refractivity contribution in [1.82, 2.24) is 20.4 Å². The molecule has 3 aliphatic rings. The van der Waals surface area contributed by atoms with Crippen LogP contribution in [0.2, 0.25) is 0 Å². The minimum absolute atomic E-state index is 0.160. The van der Waals surface area contributed by atoms with Gasteiger partial charge in [0.05, 0.1) is 0 Å². The predicted octanol–water partition coefficient (Wildman–Crippen LogP) is 0.509. The van der Waals surface area contributed by atoms with Crippen LogP contribution >= 0.6 is 0 Å². The lowest BCUT2D eigenvalue weighted by Gasteiger charge is -2.22. The fourth-order valence-electron chi connectivity index (χ4n) is 4.37. The Morgan fingerprint density at radius 3 is 2.79 bits per heavy atom. The highest BCUT2D eigenvalue weighted by molar-refractivity contribution is 6.09. The van der Waals surface area contributed by atoms with Gasteiger partial charge in [0.1, 0.15) is 12.1 Å². The highest BCUT2D eigenvalue weighted by Crippen LogP contribution is 2.41. The molecule has 0 bridgehead atoms. The molecule has 5 amide bonds. The summed E-state index contributed by atoms with van der Waals surface area (Å²) in [4.78, 5) is 52.0. The monoisotopic (exact) mass is 384 g/mol. The zero-order valence-electron chi connectivity index (χ0n) is 15.7. The first-order valence-corrected chi connectivity index (χ1v) is 9.78. The number of carbonyl (C=O) groups is 4. The zero-order chi connectivity index (χ0) is 19.7. The molecule has 2 fully saturated rings. The van der Waals surface area contributed by atoms with Crippen molar-refractivity contribution < 1.29 is 19.2 Å². The van der Waals surface area contributed by atoms with Gasteiger partial charge in [-0.2, -0.15) is 0 Å². The number of fused-ring (bicyclic) bond motifs is 2. The van der Waals surface area contributed by atoms with Crippen LogP contribution in [-0.2, 0) is 26.3 Å². The minimum Gasteiger partial charge on any atom is -0.354 e. The average Bonchev–Trinajstić information content (AvgIpc) is 3.33. The number of aryl methyl sites for hydroxylation is 1. The highest BCUT2D eigenvalue weighted by atomic mass is 16.2. The van der Waals surface area contributed by atoms with Gasteiger partial charge < -0.3 is 15.5 Å². The Hall–Kier alpha value is -2.90. The SMILES string of the molecule is O=C(CN1C(=O)N[C@]2(CCc3ccccc32)C1=O)NCCCN1CCCC1=O. The van der Waals surface area contributed by atoms with E-state index in [2.05, 4.69) is 10.6 Å². The summed E-state index contributed by atoms with van der Waals surface area (Å²) in [7, 11) is 0. The lowest BCUT2D eigenvalue weighted by atomic mass is 9.92. The van der Waals surface area contributed by atoms with Crippen molar-refractivity contribution in [3.05, 3.63) is 35.4 Å². The van der Waals surface area contributed by atoms with Crippen molar-refractivity contribution >= 4 is 23.8 Å². The number of urea groups is 1. The van der Waals surface area contributed by atoms with Gasteiger partial charge in [-0.15, -0.1) is 0 Å². The molecule has 1 spiro atoms. The van der Waals surface area contributed by atoms with Crippen molar-refractivity contribution in [2.75, 3.05) is 26.2 Å². The summed E-state index contributed by atoms with van der Waals surface area (Å²) in [6, 6.07) is 7.07. The van der Waals surface area contributed by atoms with E-state index in [9.17, 15) is 19.2 Å². The van der Waals surface area contributed by atoms with Crippen LogP contribution < -0.4 is 10.6 Å². The summed E-state index contributed by atoms with van der Waals surface area (Å²) in [5, 5.41) is 5.55. The molecule has 0 unspecified atom stereocenters. The Balaban J connectivity index is 1.31. The predicted molar refractivity (Wildman–Crippen MR) is 100 cm³/mol.